The number of aliphatic imine (C=N–C) groups is 1. The van der Waals surface area contributed by atoms with Crippen molar-refractivity contribution in [3.63, 3.8) is 0 Å². The molecule has 3 aromatic rings. The molecule has 0 aromatic heterocycles. The molecule has 0 radical (unpaired) electrons. The number of hydrogen-bond donors (Lipinski definition) is 0. The van der Waals surface area contributed by atoms with Crippen LogP contribution in [0.4, 0.5) is 11.4 Å². The molecule has 1 unspecified atom stereocenters. The second kappa shape index (κ2) is 6.81. The summed E-state index contributed by atoms with van der Waals surface area (Å²) in [7, 11) is 1.70. The summed E-state index contributed by atoms with van der Waals surface area (Å²) in [5.41, 5.74) is 3.39. The van der Waals surface area contributed by atoms with Crippen molar-refractivity contribution in [3.05, 3.63) is 90.5 Å². The predicted molar refractivity (Wildman–Crippen MR) is 103 cm³/mol. The molecular weight excluding hydrogens is 308 g/mol. The molecule has 1 saturated heterocycles. The molecule has 0 aliphatic carbocycles. The molecule has 4 rings (SSSR count). The van der Waals surface area contributed by atoms with Gasteiger partial charge in [-0.25, -0.2) is 4.99 Å². The van der Waals surface area contributed by atoms with Crippen molar-refractivity contribution < 1.29 is 4.74 Å². The van der Waals surface area contributed by atoms with Crippen LogP contribution in [-0.2, 0) is 0 Å². The fraction of sp³-hybridized carbons (Fsp3) is 0.136. The summed E-state index contributed by atoms with van der Waals surface area (Å²) in [6, 6.07) is 29.2. The fourth-order valence-electron chi connectivity index (χ4n) is 3.21. The summed E-state index contributed by atoms with van der Waals surface area (Å²) < 4.78 is 5.40. The van der Waals surface area contributed by atoms with Gasteiger partial charge in [0.05, 0.1) is 18.8 Å². The molecule has 0 spiro atoms. The molecule has 1 fully saturated rings. The fourth-order valence-corrected chi connectivity index (χ4v) is 3.21. The largest absolute Gasteiger partial charge is 0.497 e. The van der Waals surface area contributed by atoms with Gasteiger partial charge in [0, 0.05) is 18.2 Å². The van der Waals surface area contributed by atoms with E-state index in [0.29, 0.717) is 6.04 Å². The lowest BCUT2D eigenvalue weighted by molar-refractivity contribution is 0.414. The van der Waals surface area contributed by atoms with Crippen molar-refractivity contribution in [3.8, 4) is 5.75 Å². The Bertz CT molecular complexity index is 875. The van der Waals surface area contributed by atoms with E-state index in [1.165, 1.54) is 5.56 Å². The molecule has 0 saturated carbocycles. The zero-order chi connectivity index (χ0) is 17.1. The molecule has 3 heteroatoms. The Morgan fingerprint density at radius 1 is 0.880 bits per heavy atom. The first kappa shape index (κ1) is 15.5. The number of anilines is 1. The maximum atomic E-state index is 5.40. The van der Waals surface area contributed by atoms with E-state index in [0.717, 1.165) is 29.4 Å². The van der Waals surface area contributed by atoms with Crippen molar-refractivity contribution in [1.29, 1.82) is 0 Å². The van der Waals surface area contributed by atoms with Crippen LogP contribution in [0.25, 0.3) is 0 Å². The van der Waals surface area contributed by atoms with Crippen LogP contribution in [0.5, 0.6) is 5.75 Å². The number of methoxy groups -OCH3 is 1. The number of para-hydroxylation sites is 1. The highest BCUT2D eigenvalue weighted by Gasteiger charge is 2.36. The van der Waals surface area contributed by atoms with Crippen LogP contribution in [-0.4, -0.2) is 12.9 Å². The van der Waals surface area contributed by atoms with Gasteiger partial charge < -0.3 is 9.64 Å². The second-order valence-electron chi connectivity index (χ2n) is 6.07. The van der Waals surface area contributed by atoms with Crippen molar-refractivity contribution >= 4 is 17.2 Å². The molecule has 124 valence electrons. The minimum absolute atomic E-state index is 0.302. The minimum Gasteiger partial charge on any atom is -0.497 e. The first-order valence-corrected chi connectivity index (χ1v) is 8.46. The maximum absolute atomic E-state index is 5.40. The third-order valence-electron chi connectivity index (χ3n) is 4.50. The van der Waals surface area contributed by atoms with Crippen LogP contribution in [0.3, 0.4) is 0 Å². The summed E-state index contributed by atoms with van der Waals surface area (Å²) in [4.78, 5) is 7.15. The molecule has 1 aliphatic rings. The lowest BCUT2D eigenvalue weighted by Gasteiger charge is -2.44. The number of nitrogens with zero attached hydrogens (tertiary/aromatic N) is 2. The molecule has 25 heavy (non-hydrogen) atoms. The zero-order valence-corrected chi connectivity index (χ0v) is 14.2. The SMILES string of the molecule is COc1cccc(N2/C(=N/c3ccccc3)CC2c2ccccc2)c1. The number of amidine groups is 1. The Hall–Kier alpha value is -3.07. The number of ether oxygens (including phenoxy) is 1. The highest BCUT2D eigenvalue weighted by Crippen LogP contribution is 2.41. The van der Waals surface area contributed by atoms with Gasteiger partial charge in [-0.2, -0.15) is 0 Å². The van der Waals surface area contributed by atoms with E-state index in [2.05, 4.69) is 47.4 Å². The van der Waals surface area contributed by atoms with Crippen LogP contribution < -0.4 is 9.64 Å². The summed E-state index contributed by atoms with van der Waals surface area (Å²) >= 11 is 0. The zero-order valence-electron chi connectivity index (χ0n) is 14.2. The number of rotatable bonds is 4. The van der Waals surface area contributed by atoms with E-state index in [4.69, 9.17) is 9.73 Å². The van der Waals surface area contributed by atoms with E-state index >= 15 is 0 Å². The highest BCUT2D eigenvalue weighted by atomic mass is 16.5. The lowest BCUT2D eigenvalue weighted by atomic mass is 9.92. The monoisotopic (exact) mass is 328 g/mol. The van der Waals surface area contributed by atoms with Gasteiger partial charge in [0.25, 0.3) is 0 Å². The van der Waals surface area contributed by atoms with Gasteiger partial charge in [-0.15, -0.1) is 0 Å². The van der Waals surface area contributed by atoms with E-state index in [9.17, 15) is 0 Å². The van der Waals surface area contributed by atoms with Gasteiger partial charge in [0.1, 0.15) is 11.6 Å². The Morgan fingerprint density at radius 3 is 2.32 bits per heavy atom. The first-order chi connectivity index (χ1) is 12.3. The van der Waals surface area contributed by atoms with E-state index < -0.39 is 0 Å². The molecule has 0 bridgehead atoms. The lowest BCUT2D eigenvalue weighted by Crippen LogP contribution is -2.46. The summed E-state index contributed by atoms with van der Waals surface area (Å²) in [5, 5.41) is 0. The van der Waals surface area contributed by atoms with Crippen LogP contribution >= 0.6 is 0 Å². The van der Waals surface area contributed by atoms with Gasteiger partial charge in [0.15, 0.2) is 0 Å². The molecule has 1 aliphatic heterocycles. The molecular formula is C22H20N2O. The second-order valence-corrected chi connectivity index (χ2v) is 6.07. The summed E-state index contributed by atoms with van der Waals surface area (Å²) in [6.07, 6.45) is 0.927. The van der Waals surface area contributed by atoms with Crippen LogP contribution in [0, 0.1) is 0 Å². The Morgan fingerprint density at radius 2 is 1.60 bits per heavy atom. The summed E-state index contributed by atoms with van der Waals surface area (Å²) in [6.45, 7) is 0. The average Bonchev–Trinajstić information content (AvgIpc) is 2.66. The third kappa shape index (κ3) is 3.13. The van der Waals surface area contributed by atoms with Crippen molar-refractivity contribution in [2.75, 3.05) is 12.0 Å². The van der Waals surface area contributed by atoms with Crippen LogP contribution in [0.1, 0.15) is 18.0 Å². The van der Waals surface area contributed by atoms with Crippen molar-refractivity contribution in [2.24, 2.45) is 4.99 Å². The average molecular weight is 328 g/mol. The first-order valence-electron chi connectivity index (χ1n) is 8.46. The van der Waals surface area contributed by atoms with Gasteiger partial charge in [-0.3, -0.25) is 0 Å². The Labute approximate surface area is 148 Å². The summed E-state index contributed by atoms with van der Waals surface area (Å²) in [5.74, 6) is 1.93. The Kier molecular flexibility index (Phi) is 4.21. The van der Waals surface area contributed by atoms with Crippen LogP contribution in [0.15, 0.2) is 89.9 Å². The number of benzene rings is 3. The van der Waals surface area contributed by atoms with E-state index in [-0.39, 0.29) is 0 Å². The predicted octanol–water partition coefficient (Wildman–Crippen LogP) is 5.38. The smallest absolute Gasteiger partial charge is 0.120 e. The van der Waals surface area contributed by atoms with Crippen molar-refractivity contribution in [1.82, 2.24) is 0 Å². The molecule has 0 N–H and O–H groups in total. The quantitative estimate of drug-likeness (QED) is 0.642. The highest BCUT2D eigenvalue weighted by molar-refractivity contribution is 6.06. The molecule has 1 heterocycles. The van der Waals surface area contributed by atoms with Gasteiger partial charge in [0.2, 0.25) is 0 Å². The van der Waals surface area contributed by atoms with E-state index in [1.54, 1.807) is 7.11 Å². The molecule has 3 aromatic carbocycles. The van der Waals surface area contributed by atoms with Gasteiger partial charge in [-0.1, -0.05) is 54.6 Å². The normalized spacial score (nSPS) is 18.0. The van der Waals surface area contributed by atoms with Gasteiger partial charge >= 0.3 is 0 Å². The molecule has 0 amide bonds. The van der Waals surface area contributed by atoms with Crippen LogP contribution in [0.2, 0.25) is 0 Å². The maximum Gasteiger partial charge on any atom is 0.120 e. The third-order valence-corrected chi connectivity index (χ3v) is 4.50. The van der Waals surface area contributed by atoms with Crippen molar-refractivity contribution in [2.45, 2.75) is 12.5 Å². The molecule has 1 atom stereocenters. The minimum atomic E-state index is 0.302. The number of hydrogen-bond acceptors (Lipinski definition) is 2. The van der Waals surface area contributed by atoms with E-state index in [1.807, 2.05) is 42.5 Å². The van der Waals surface area contributed by atoms with Gasteiger partial charge in [-0.05, 0) is 29.8 Å². The molecule has 3 nitrogen and oxygen atoms in total. The standard InChI is InChI=1S/C22H20N2O/c1-25-20-14-8-13-19(15-20)24-21(17-9-4-2-5-10-17)16-22(24)23-18-11-6-3-7-12-18/h2-15,21H,16H2,1H3/b23-22+. The topological polar surface area (TPSA) is 24.8 Å². The Balaban J connectivity index is 1.72.